The second-order valence-electron chi connectivity index (χ2n) is 5.17. The zero-order valence-corrected chi connectivity index (χ0v) is 11.7. The summed E-state index contributed by atoms with van der Waals surface area (Å²) in [5.41, 5.74) is 7.41. The van der Waals surface area contributed by atoms with Crippen LogP contribution < -0.4 is 11.1 Å². The SMILES string of the molecule is CC(Nc1ccc(C#N)c(N)c1)C(=O)N1CCCCC1. The molecule has 1 amide bonds. The molecule has 5 heteroatoms. The molecule has 1 heterocycles. The Balaban J connectivity index is 2.00. The Bertz CT molecular complexity index is 529. The number of nitrogens with two attached hydrogens (primary N) is 1. The lowest BCUT2D eigenvalue weighted by atomic mass is 10.1. The average Bonchev–Trinajstić information content (AvgIpc) is 2.47. The van der Waals surface area contributed by atoms with Crippen LogP contribution in [0.15, 0.2) is 18.2 Å². The van der Waals surface area contributed by atoms with Gasteiger partial charge in [-0.15, -0.1) is 0 Å². The van der Waals surface area contributed by atoms with Gasteiger partial charge in [-0.05, 0) is 44.4 Å². The second-order valence-corrected chi connectivity index (χ2v) is 5.17. The lowest BCUT2D eigenvalue weighted by Crippen LogP contribution is -2.43. The Morgan fingerprint density at radius 1 is 1.40 bits per heavy atom. The highest BCUT2D eigenvalue weighted by atomic mass is 16.2. The summed E-state index contributed by atoms with van der Waals surface area (Å²) in [5.74, 6) is 0.118. The number of amides is 1. The van der Waals surface area contributed by atoms with Crippen molar-refractivity contribution in [2.24, 2.45) is 0 Å². The topological polar surface area (TPSA) is 82.1 Å². The monoisotopic (exact) mass is 272 g/mol. The fourth-order valence-corrected chi connectivity index (χ4v) is 2.45. The van der Waals surface area contributed by atoms with Crippen molar-refractivity contribution in [2.75, 3.05) is 24.1 Å². The van der Waals surface area contributed by atoms with Gasteiger partial charge in [0, 0.05) is 18.8 Å². The zero-order chi connectivity index (χ0) is 14.5. The highest BCUT2D eigenvalue weighted by Crippen LogP contribution is 2.19. The van der Waals surface area contributed by atoms with E-state index >= 15 is 0 Å². The molecule has 20 heavy (non-hydrogen) atoms. The predicted molar refractivity (Wildman–Crippen MR) is 79.1 cm³/mol. The van der Waals surface area contributed by atoms with E-state index in [-0.39, 0.29) is 11.9 Å². The maximum Gasteiger partial charge on any atom is 0.244 e. The van der Waals surface area contributed by atoms with Gasteiger partial charge >= 0.3 is 0 Å². The largest absolute Gasteiger partial charge is 0.398 e. The molecule has 5 nitrogen and oxygen atoms in total. The Morgan fingerprint density at radius 3 is 2.70 bits per heavy atom. The second kappa shape index (κ2) is 6.29. The minimum Gasteiger partial charge on any atom is -0.398 e. The molecule has 0 spiro atoms. The van der Waals surface area contributed by atoms with E-state index in [2.05, 4.69) is 5.32 Å². The van der Waals surface area contributed by atoms with Crippen LogP contribution in [0.5, 0.6) is 0 Å². The molecule has 1 aliphatic heterocycles. The lowest BCUT2D eigenvalue weighted by Gasteiger charge is -2.29. The van der Waals surface area contributed by atoms with E-state index < -0.39 is 0 Å². The molecule has 1 saturated heterocycles. The van der Waals surface area contributed by atoms with Crippen molar-refractivity contribution in [1.82, 2.24) is 4.90 Å². The van der Waals surface area contributed by atoms with Crippen LogP contribution in [0.2, 0.25) is 0 Å². The Morgan fingerprint density at radius 2 is 2.10 bits per heavy atom. The van der Waals surface area contributed by atoms with Crippen molar-refractivity contribution < 1.29 is 4.79 Å². The van der Waals surface area contributed by atoms with Crippen LogP contribution in [-0.2, 0) is 4.79 Å². The van der Waals surface area contributed by atoms with Gasteiger partial charge in [-0.25, -0.2) is 0 Å². The zero-order valence-electron chi connectivity index (χ0n) is 11.7. The molecule has 106 valence electrons. The minimum absolute atomic E-state index is 0.118. The van der Waals surface area contributed by atoms with E-state index in [1.165, 1.54) is 6.42 Å². The minimum atomic E-state index is -0.291. The molecule has 1 aliphatic rings. The molecule has 1 atom stereocenters. The summed E-state index contributed by atoms with van der Waals surface area (Å²) in [7, 11) is 0. The molecule has 1 aromatic carbocycles. The first kappa shape index (κ1) is 14.2. The lowest BCUT2D eigenvalue weighted by molar-refractivity contribution is -0.132. The van der Waals surface area contributed by atoms with E-state index in [4.69, 9.17) is 11.0 Å². The first-order chi connectivity index (χ1) is 9.61. The molecule has 0 radical (unpaired) electrons. The fourth-order valence-electron chi connectivity index (χ4n) is 2.45. The maximum atomic E-state index is 12.3. The van der Waals surface area contributed by atoms with Crippen LogP contribution in [0.25, 0.3) is 0 Å². The van der Waals surface area contributed by atoms with Crippen molar-refractivity contribution >= 4 is 17.3 Å². The molecule has 0 bridgehead atoms. The van der Waals surface area contributed by atoms with Gasteiger partial charge < -0.3 is 16.0 Å². The number of likely N-dealkylation sites (tertiary alicyclic amines) is 1. The summed E-state index contributed by atoms with van der Waals surface area (Å²) in [6.45, 7) is 3.55. The van der Waals surface area contributed by atoms with E-state index in [1.54, 1.807) is 18.2 Å². The number of anilines is 2. The summed E-state index contributed by atoms with van der Waals surface area (Å²) in [4.78, 5) is 14.2. The van der Waals surface area contributed by atoms with Crippen molar-refractivity contribution in [3.63, 3.8) is 0 Å². The summed E-state index contributed by atoms with van der Waals surface area (Å²) in [6.07, 6.45) is 3.38. The van der Waals surface area contributed by atoms with Crippen LogP contribution in [-0.4, -0.2) is 29.9 Å². The van der Waals surface area contributed by atoms with Crippen molar-refractivity contribution in [3.8, 4) is 6.07 Å². The number of hydrogen-bond acceptors (Lipinski definition) is 4. The van der Waals surface area contributed by atoms with Gasteiger partial charge in [0.1, 0.15) is 12.1 Å². The summed E-state index contributed by atoms with van der Waals surface area (Å²) in [5, 5.41) is 12.0. The number of piperidine rings is 1. The third-order valence-electron chi connectivity index (χ3n) is 3.59. The maximum absolute atomic E-state index is 12.3. The van der Waals surface area contributed by atoms with Gasteiger partial charge in [0.15, 0.2) is 0 Å². The number of rotatable bonds is 3. The van der Waals surface area contributed by atoms with Gasteiger partial charge in [-0.2, -0.15) is 5.26 Å². The number of nitriles is 1. The molecular formula is C15H20N4O. The summed E-state index contributed by atoms with van der Waals surface area (Å²) >= 11 is 0. The summed E-state index contributed by atoms with van der Waals surface area (Å²) in [6, 6.07) is 6.86. The number of nitrogen functional groups attached to an aromatic ring is 1. The van der Waals surface area contributed by atoms with Gasteiger partial charge in [0.05, 0.1) is 11.3 Å². The van der Waals surface area contributed by atoms with E-state index in [0.717, 1.165) is 31.6 Å². The molecule has 2 rings (SSSR count). The number of carbonyl (C=O) groups is 1. The Kier molecular flexibility index (Phi) is 4.46. The van der Waals surface area contributed by atoms with Crippen LogP contribution >= 0.6 is 0 Å². The van der Waals surface area contributed by atoms with Gasteiger partial charge in [-0.1, -0.05) is 0 Å². The number of nitrogens with zero attached hydrogens (tertiary/aromatic N) is 2. The standard InChI is InChI=1S/C15H20N4O/c1-11(15(20)19-7-3-2-4-8-19)18-13-6-5-12(10-16)14(17)9-13/h5-6,9,11,18H,2-4,7-8,17H2,1H3. The molecule has 1 unspecified atom stereocenters. The first-order valence-corrected chi connectivity index (χ1v) is 6.97. The predicted octanol–water partition coefficient (Wildman–Crippen LogP) is 1.95. The van der Waals surface area contributed by atoms with Crippen LogP contribution in [0, 0.1) is 11.3 Å². The fraction of sp³-hybridized carbons (Fsp3) is 0.467. The average molecular weight is 272 g/mol. The summed E-state index contributed by atoms with van der Waals surface area (Å²) < 4.78 is 0. The van der Waals surface area contributed by atoms with Crippen LogP contribution in [0.4, 0.5) is 11.4 Å². The van der Waals surface area contributed by atoms with Crippen molar-refractivity contribution in [2.45, 2.75) is 32.2 Å². The number of benzene rings is 1. The third kappa shape index (κ3) is 3.21. The van der Waals surface area contributed by atoms with Crippen molar-refractivity contribution in [1.29, 1.82) is 5.26 Å². The van der Waals surface area contributed by atoms with Crippen LogP contribution in [0.1, 0.15) is 31.7 Å². The number of carbonyl (C=O) groups excluding carboxylic acids is 1. The molecule has 0 aromatic heterocycles. The van der Waals surface area contributed by atoms with E-state index in [9.17, 15) is 4.79 Å². The number of nitrogens with one attached hydrogen (secondary N) is 1. The molecule has 3 N–H and O–H groups in total. The molecule has 0 aliphatic carbocycles. The molecule has 1 aromatic rings. The highest BCUT2D eigenvalue weighted by molar-refractivity contribution is 5.84. The van der Waals surface area contributed by atoms with E-state index in [0.29, 0.717) is 11.3 Å². The molecule has 1 fully saturated rings. The van der Waals surface area contributed by atoms with Crippen LogP contribution in [0.3, 0.4) is 0 Å². The normalized spacial score (nSPS) is 16.3. The van der Waals surface area contributed by atoms with Crippen molar-refractivity contribution in [3.05, 3.63) is 23.8 Å². The quantitative estimate of drug-likeness (QED) is 0.824. The van der Waals surface area contributed by atoms with Gasteiger partial charge in [0.25, 0.3) is 0 Å². The highest BCUT2D eigenvalue weighted by Gasteiger charge is 2.21. The first-order valence-electron chi connectivity index (χ1n) is 6.97. The van der Waals surface area contributed by atoms with Gasteiger partial charge in [-0.3, -0.25) is 4.79 Å². The smallest absolute Gasteiger partial charge is 0.244 e. The third-order valence-corrected chi connectivity index (χ3v) is 3.59. The Labute approximate surface area is 119 Å². The van der Waals surface area contributed by atoms with E-state index in [1.807, 2.05) is 17.9 Å². The molecular weight excluding hydrogens is 252 g/mol. The van der Waals surface area contributed by atoms with Gasteiger partial charge in [0.2, 0.25) is 5.91 Å². The Hall–Kier alpha value is -2.22. The molecule has 0 saturated carbocycles. The number of hydrogen-bond donors (Lipinski definition) is 2.